The molecule has 0 aliphatic carbocycles. The van der Waals surface area contributed by atoms with Gasteiger partial charge in [-0.05, 0) is 62.4 Å². The third kappa shape index (κ3) is 3.69. The highest BCUT2D eigenvalue weighted by atomic mass is 32.2. The second kappa shape index (κ2) is 8.20. The second-order valence-electron chi connectivity index (χ2n) is 8.55. The van der Waals surface area contributed by atoms with Crippen molar-refractivity contribution in [3.63, 3.8) is 0 Å². The number of aromatic nitrogens is 2. The molecule has 2 aromatic heterocycles. The molecule has 0 bridgehead atoms. The maximum Gasteiger partial charge on any atom is 0.0832 e. The summed E-state index contributed by atoms with van der Waals surface area (Å²) in [6.45, 7) is 9.39. The number of nitrogens with one attached hydrogen (secondary N) is 1. The second-order valence-corrected chi connectivity index (χ2v) is 10.9. The smallest absolute Gasteiger partial charge is 0.0832 e. The van der Waals surface area contributed by atoms with Crippen LogP contribution in [0.5, 0.6) is 0 Å². The van der Waals surface area contributed by atoms with Crippen molar-refractivity contribution >= 4 is 55.6 Å². The van der Waals surface area contributed by atoms with Crippen molar-refractivity contribution < 1.29 is 0 Å². The van der Waals surface area contributed by atoms with E-state index >= 15 is 0 Å². The minimum absolute atomic E-state index is 0.0795. The van der Waals surface area contributed by atoms with Gasteiger partial charge >= 0.3 is 0 Å². The van der Waals surface area contributed by atoms with Crippen molar-refractivity contribution in [2.24, 2.45) is 0 Å². The van der Waals surface area contributed by atoms with Crippen molar-refractivity contribution in [1.82, 2.24) is 9.97 Å². The lowest BCUT2D eigenvalue weighted by Crippen LogP contribution is -2.42. The molecule has 0 amide bonds. The number of hydrogen-bond acceptors (Lipinski definition) is 5. The largest absolute Gasteiger partial charge is 0.355 e. The lowest BCUT2D eigenvalue weighted by Gasteiger charge is -2.44. The summed E-state index contributed by atoms with van der Waals surface area (Å²) in [5.41, 5.74) is 7.51. The van der Waals surface area contributed by atoms with E-state index in [0.29, 0.717) is 0 Å². The Morgan fingerprint density at radius 3 is 2.60 bits per heavy atom. The Hall–Kier alpha value is -2.11. The standard InChI is InChI=1S/C25H29N3S2/c1-6-12-25(4,24(2,3)29-5)17-7-9-19-20(11-13-26-21(19)14-17)28-18-8-10-23-22(15-18)27-16-30-23/h7-11,13-16H,6,12H2,1-5H3,(H,26,28). The fourth-order valence-electron chi connectivity index (χ4n) is 4.21. The van der Waals surface area contributed by atoms with Crippen LogP contribution in [0.1, 0.15) is 46.1 Å². The van der Waals surface area contributed by atoms with Gasteiger partial charge < -0.3 is 5.32 Å². The number of hydrogen-bond donors (Lipinski definition) is 1. The monoisotopic (exact) mass is 435 g/mol. The number of thiazole rings is 1. The van der Waals surface area contributed by atoms with Gasteiger partial charge in [-0.2, -0.15) is 11.8 Å². The van der Waals surface area contributed by atoms with E-state index in [1.807, 2.05) is 29.5 Å². The lowest BCUT2D eigenvalue weighted by atomic mass is 9.69. The molecule has 4 aromatic rings. The molecule has 5 heteroatoms. The zero-order valence-corrected chi connectivity index (χ0v) is 20.0. The van der Waals surface area contributed by atoms with E-state index in [1.165, 1.54) is 10.3 Å². The van der Waals surface area contributed by atoms with Crippen LogP contribution in [0.25, 0.3) is 21.1 Å². The average Bonchev–Trinajstić information content (AvgIpc) is 3.21. The van der Waals surface area contributed by atoms with Gasteiger partial charge in [0, 0.05) is 33.1 Å². The van der Waals surface area contributed by atoms with E-state index < -0.39 is 0 Å². The maximum atomic E-state index is 4.71. The van der Waals surface area contributed by atoms with Crippen LogP contribution in [0.4, 0.5) is 11.4 Å². The molecule has 0 radical (unpaired) electrons. The molecule has 3 nitrogen and oxygen atoms in total. The summed E-state index contributed by atoms with van der Waals surface area (Å²) in [7, 11) is 0. The number of pyridine rings is 1. The summed E-state index contributed by atoms with van der Waals surface area (Å²) >= 11 is 3.61. The van der Waals surface area contributed by atoms with Gasteiger partial charge in [0.25, 0.3) is 0 Å². The first-order valence-electron chi connectivity index (χ1n) is 10.4. The minimum Gasteiger partial charge on any atom is -0.355 e. The maximum absolute atomic E-state index is 4.71. The van der Waals surface area contributed by atoms with E-state index in [1.54, 1.807) is 11.3 Å². The molecule has 0 saturated carbocycles. The molecular weight excluding hydrogens is 406 g/mol. The van der Waals surface area contributed by atoms with Crippen LogP contribution in [-0.2, 0) is 5.41 Å². The topological polar surface area (TPSA) is 37.8 Å². The molecule has 2 heterocycles. The highest BCUT2D eigenvalue weighted by Crippen LogP contribution is 2.47. The first-order chi connectivity index (χ1) is 14.4. The summed E-state index contributed by atoms with van der Waals surface area (Å²) in [5.74, 6) is 0. The van der Waals surface area contributed by atoms with Crippen molar-refractivity contribution in [3.8, 4) is 0 Å². The van der Waals surface area contributed by atoms with Crippen molar-refractivity contribution in [2.75, 3.05) is 11.6 Å². The van der Waals surface area contributed by atoms with Gasteiger partial charge in [-0.1, -0.05) is 32.4 Å². The number of thioether (sulfide) groups is 1. The van der Waals surface area contributed by atoms with Crippen LogP contribution >= 0.6 is 23.1 Å². The molecule has 4 rings (SSSR count). The Labute approximate surface area is 187 Å². The van der Waals surface area contributed by atoms with Gasteiger partial charge in [-0.15, -0.1) is 11.3 Å². The molecule has 0 saturated heterocycles. The number of fused-ring (bicyclic) bond motifs is 2. The third-order valence-corrected chi connectivity index (χ3v) is 8.86. The number of nitrogens with zero attached hydrogens (tertiary/aromatic N) is 2. The van der Waals surface area contributed by atoms with Gasteiger partial charge in [0.1, 0.15) is 0 Å². The van der Waals surface area contributed by atoms with E-state index in [9.17, 15) is 0 Å². The van der Waals surface area contributed by atoms with E-state index in [2.05, 4.69) is 80.6 Å². The summed E-state index contributed by atoms with van der Waals surface area (Å²) in [5, 5.41) is 4.71. The quantitative estimate of drug-likeness (QED) is 0.321. The molecular formula is C25H29N3S2. The van der Waals surface area contributed by atoms with E-state index in [0.717, 1.165) is 40.6 Å². The van der Waals surface area contributed by atoms with E-state index in [-0.39, 0.29) is 10.2 Å². The number of rotatable bonds is 7. The Balaban J connectivity index is 1.74. The molecule has 0 fully saturated rings. The van der Waals surface area contributed by atoms with Crippen LogP contribution < -0.4 is 5.32 Å². The van der Waals surface area contributed by atoms with Crippen LogP contribution in [0.2, 0.25) is 0 Å². The molecule has 30 heavy (non-hydrogen) atoms. The van der Waals surface area contributed by atoms with Crippen molar-refractivity contribution in [2.45, 2.75) is 50.7 Å². The Morgan fingerprint density at radius 1 is 1.00 bits per heavy atom. The lowest BCUT2D eigenvalue weighted by molar-refractivity contribution is 0.345. The Kier molecular flexibility index (Phi) is 5.78. The van der Waals surface area contributed by atoms with Gasteiger partial charge in [0.05, 0.1) is 21.2 Å². The average molecular weight is 436 g/mol. The normalized spacial score (nSPS) is 14.2. The first-order valence-corrected chi connectivity index (χ1v) is 12.5. The van der Waals surface area contributed by atoms with Crippen LogP contribution in [0, 0.1) is 0 Å². The zero-order valence-electron chi connectivity index (χ0n) is 18.3. The molecule has 0 aliphatic rings. The SMILES string of the molecule is CCCC(C)(c1ccc2c(Nc3ccc4scnc4c3)ccnc2c1)C(C)(C)SC. The van der Waals surface area contributed by atoms with Crippen LogP contribution in [-0.4, -0.2) is 21.0 Å². The summed E-state index contributed by atoms with van der Waals surface area (Å²) < 4.78 is 1.34. The first kappa shape index (κ1) is 21.1. The highest BCUT2D eigenvalue weighted by molar-refractivity contribution is 8.00. The fourth-order valence-corrected chi connectivity index (χ4v) is 5.54. The molecule has 1 atom stereocenters. The molecule has 0 aliphatic heterocycles. The summed E-state index contributed by atoms with van der Waals surface area (Å²) in [6.07, 6.45) is 6.42. The molecule has 1 N–H and O–H groups in total. The van der Waals surface area contributed by atoms with Crippen LogP contribution in [0.3, 0.4) is 0 Å². The highest BCUT2D eigenvalue weighted by Gasteiger charge is 2.41. The van der Waals surface area contributed by atoms with Crippen molar-refractivity contribution in [1.29, 1.82) is 0 Å². The summed E-state index contributed by atoms with van der Waals surface area (Å²) in [4.78, 5) is 9.14. The fraction of sp³-hybridized carbons (Fsp3) is 0.360. The van der Waals surface area contributed by atoms with Gasteiger partial charge in [-0.3, -0.25) is 4.98 Å². The predicted molar refractivity (Wildman–Crippen MR) is 134 cm³/mol. The van der Waals surface area contributed by atoms with Gasteiger partial charge in [0.2, 0.25) is 0 Å². The number of benzene rings is 2. The number of anilines is 2. The van der Waals surface area contributed by atoms with Gasteiger partial charge in [0.15, 0.2) is 0 Å². The van der Waals surface area contributed by atoms with Crippen molar-refractivity contribution in [3.05, 3.63) is 59.7 Å². The minimum atomic E-state index is 0.0795. The van der Waals surface area contributed by atoms with Gasteiger partial charge in [-0.25, -0.2) is 4.98 Å². The van der Waals surface area contributed by atoms with Crippen LogP contribution in [0.15, 0.2) is 54.2 Å². The summed E-state index contributed by atoms with van der Waals surface area (Å²) in [6, 6.07) is 15.2. The molecule has 0 spiro atoms. The molecule has 156 valence electrons. The Morgan fingerprint density at radius 2 is 1.83 bits per heavy atom. The zero-order chi connectivity index (χ0) is 21.4. The Bertz CT molecular complexity index is 1180. The predicted octanol–water partition coefficient (Wildman–Crippen LogP) is 7.79. The molecule has 1 unspecified atom stereocenters. The van der Waals surface area contributed by atoms with E-state index in [4.69, 9.17) is 4.98 Å². The third-order valence-electron chi connectivity index (χ3n) is 6.58. The molecule has 2 aromatic carbocycles.